The molecular weight excluding hydrogens is 390 g/mol. The van der Waals surface area contributed by atoms with Crippen LogP contribution in [0.3, 0.4) is 0 Å². The van der Waals surface area contributed by atoms with Gasteiger partial charge in [0.05, 0.1) is 23.2 Å². The van der Waals surface area contributed by atoms with Crippen molar-refractivity contribution in [2.75, 3.05) is 0 Å². The Morgan fingerprint density at radius 2 is 1.88 bits per heavy atom. The molecule has 0 aliphatic rings. The molecule has 0 bridgehead atoms. The van der Waals surface area contributed by atoms with Gasteiger partial charge < -0.3 is 8.98 Å². The summed E-state index contributed by atoms with van der Waals surface area (Å²) in [6.45, 7) is 0.767. The Balaban J connectivity index is 1.59. The number of aromatic nitrogens is 3. The number of oxazole rings is 1. The largest absolute Gasteiger partial charge is 0.429 e. The van der Waals surface area contributed by atoms with Crippen LogP contribution >= 0.6 is 27.5 Å². The number of hydrogen-bond donors (Lipinski definition) is 0. The third kappa shape index (κ3) is 2.85. The van der Waals surface area contributed by atoms with E-state index in [1.807, 2.05) is 36.7 Å². The van der Waals surface area contributed by atoms with Crippen molar-refractivity contribution in [2.45, 2.75) is 12.4 Å². The molecule has 0 saturated heterocycles. The summed E-state index contributed by atoms with van der Waals surface area (Å²) in [5.74, 6) is 0.882. The van der Waals surface area contributed by atoms with Crippen molar-refractivity contribution in [3.8, 4) is 11.5 Å². The summed E-state index contributed by atoms with van der Waals surface area (Å²) in [5, 5.41) is 0. The second kappa shape index (κ2) is 6.42. The molecule has 0 spiro atoms. The zero-order valence-corrected chi connectivity index (χ0v) is 15.0. The van der Waals surface area contributed by atoms with Crippen LogP contribution in [0.4, 0.5) is 0 Å². The molecule has 24 heavy (non-hydrogen) atoms. The molecule has 0 saturated carbocycles. The maximum atomic E-state index is 5.82. The Hall–Kier alpha value is -2.11. The van der Waals surface area contributed by atoms with Gasteiger partial charge >= 0.3 is 0 Å². The molecule has 0 aliphatic heterocycles. The quantitative estimate of drug-likeness (QED) is 0.438. The van der Waals surface area contributed by atoms with Crippen molar-refractivity contribution in [3.05, 3.63) is 70.8 Å². The van der Waals surface area contributed by atoms with Gasteiger partial charge in [-0.1, -0.05) is 24.3 Å². The Labute approximate surface area is 152 Å². The number of hydrogen-bond acceptors (Lipinski definition) is 3. The van der Waals surface area contributed by atoms with Gasteiger partial charge in [0, 0.05) is 12.1 Å². The van der Waals surface area contributed by atoms with E-state index in [9.17, 15) is 0 Å². The normalized spacial score (nSPS) is 11.2. The first kappa shape index (κ1) is 15.4. The first-order chi connectivity index (χ1) is 11.7. The fourth-order valence-corrected chi connectivity index (χ4v) is 3.35. The van der Waals surface area contributed by atoms with Crippen LogP contribution < -0.4 is 0 Å². The van der Waals surface area contributed by atoms with Crippen LogP contribution in [-0.2, 0) is 12.4 Å². The number of benzene rings is 2. The molecule has 6 heteroatoms. The number of fused-ring (bicyclic) bond motifs is 1. The lowest BCUT2D eigenvalue weighted by molar-refractivity contribution is 0.547. The second-order valence-corrected chi connectivity index (χ2v) is 6.42. The molecule has 4 nitrogen and oxygen atoms in total. The highest BCUT2D eigenvalue weighted by molar-refractivity contribution is 9.10. The summed E-state index contributed by atoms with van der Waals surface area (Å²) < 4.78 is 8.32. The lowest BCUT2D eigenvalue weighted by atomic mass is 10.1. The van der Waals surface area contributed by atoms with Crippen LogP contribution in [0.5, 0.6) is 0 Å². The van der Waals surface area contributed by atoms with Crippen LogP contribution in [0.25, 0.3) is 22.5 Å². The smallest absolute Gasteiger partial charge is 0.227 e. The molecule has 0 radical (unpaired) electrons. The number of halogens is 2. The molecule has 2 aromatic heterocycles. The number of alkyl halides is 1. The average molecular weight is 403 g/mol. The fourth-order valence-electron chi connectivity index (χ4n) is 2.62. The number of imidazole rings is 1. The molecule has 2 aromatic carbocycles. The van der Waals surface area contributed by atoms with Crippen LogP contribution in [-0.4, -0.2) is 14.5 Å². The molecule has 0 unspecified atom stereocenters. The van der Waals surface area contributed by atoms with E-state index in [-0.39, 0.29) is 0 Å². The minimum absolute atomic E-state index is 0.315. The van der Waals surface area contributed by atoms with E-state index in [4.69, 9.17) is 16.0 Å². The monoisotopic (exact) mass is 401 g/mol. The van der Waals surface area contributed by atoms with Crippen LogP contribution in [0, 0.1) is 0 Å². The third-order valence-corrected chi connectivity index (χ3v) is 4.73. The summed E-state index contributed by atoms with van der Waals surface area (Å²) in [4.78, 5) is 8.81. The van der Waals surface area contributed by atoms with Crippen molar-refractivity contribution in [3.63, 3.8) is 0 Å². The van der Waals surface area contributed by atoms with E-state index >= 15 is 0 Å². The van der Waals surface area contributed by atoms with Gasteiger partial charge in [-0.05, 0) is 45.8 Å². The first-order valence-corrected chi connectivity index (χ1v) is 8.77. The number of rotatable bonds is 4. The lowest BCUT2D eigenvalue weighted by Gasteiger charge is -2.05. The maximum Gasteiger partial charge on any atom is 0.227 e. The van der Waals surface area contributed by atoms with Crippen molar-refractivity contribution >= 4 is 38.6 Å². The van der Waals surface area contributed by atoms with Gasteiger partial charge in [-0.15, -0.1) is 11.6 Å². The Morgan fingerprint density at radius 1 is 1.08 bits per heavy atom. The summed E-state index contributed by atoms with van der Waals surface area (Å²) >= 11 is 9.15. The maximum absolute atomic E-state index is 5.82. The molecular formula is C18H13BrClN3O. The van der Waals surface area contributed by atoms with Gasteiger partial charge in [0.2, 0.25) is 5.89 Å². The minimum Gasteiger partial charge on any atom is -0.429 e. The molecule has 120 valence electrons. The van der Waals surface area contributed by atoms with Crippen molar-refractivity contribution < 1.29 is 4.42 Å². The molecule has 0 N–H and O–H groups in total. The Bertz CT molecular complexity index is 991. The van der Waals surface area contributed by atoms with E-state index in [1.165, 1.54) is 5.56 Å². The predicted octanol–water partition coefficient (Wildman–Crippen LogP) is 5.24. The molecule has 0 fully saturated rings. The first-order valence-electron chi connectivity index (χ1n) is 7.45. The van der Waals surface area contributed by atoms with Gasteiger partial charge in [0.1, 0.15) is 5.69 Å². The zero-order chi connectivity index (χ0) is 16.5. The average Bonchev–Trinajstić information content (AvgIpc) is 3.19. The highest BCUT2D eigenvalue weighted by atomic mass is 79.9. The summed E-state index contributed by atoms with van der Waals surface area (Å²) in [5.41, 5.74) is 4.95. The highest BCUT2D eigenvalue weighted by Crippen LogP contribution is 2.27. The van der Waals surface area contributed by atoms with Crippen LogP contribution in [0.1, 0.15) is 11.3 Å². The van der Waals surface area contributed by atoms with Crippen molar-refractivity contribution in [2.24, 2.45) is 0 Å². The topological polar surface area (TPSA) is 43.9 Å². The summed E-state index contributed by atoms with van der Waals surface area (Å²) in [6, 6.07) is 16.3. The SMILES string of the molecule is ClCc1nc(-c2ccc(Cn3cnc4ccccc43)cc2)oc1Br. The Kier molecular flexibility index (Phi) is 4.12. The molecule has 4 rings (SSSR count). The summed E-state index contributed by atoms with van der Waals surface area (Å²) in [7, 11) is 0. The molecule has 0 amide bonds. The molecule has 4 aromatic rings. The van der Waals surface area contributed by atoms with Gasteiger partial charge in [-0.25, -0.2) is 9.97 Å². The fraction of sp³-hybridized carbons (Fsp3) is 0.111. The highest BCUT2D eigenvalue weighted by Gasteiger charge is 2.11. The zero-order valence-electron chi connectivity index (χ0n) is 12.6. The number of para-hydroxylation sites is 2. The Morgan fingerprint density at radius 3 is 2.62 bits per heavy atom. The predicted molar refractivity (Wildman–Crippen MR) is 98.0 cm³/mol. The second-order valence-electron chi connectivity index (χ2n) is 5.43. The van der Waals surface area contributed by atoms with E-state index in [0.29, 0.717) is 22.1 Å². The van der Waals surface area contributed by atoms with E-state index in [1.54, 1.807) is 0 Å². The van der Waals surface area contributed by atoms with Crippen molar-refractivity contribution in [1.29, 1.82) is 0 Å². The minimum atomic E-state index is 0.315. The van der Waals surface area contributed by atoms with Crippen LogP contribution in [0.2, 0.25) is 0 Å². The van der Waals surface area contributed by atoms with Gasteiger partial charge in [-0.3, -0.25) is 0 Å². The van der Waals surface area contributed by atoms with E-state index < -0.39 is 0 Å². The number of nitrogens with zero attached hydrogens (tertiary/aromatic N) is 3. The molecule has 0 atom stereocenters. The molecule has 2 heterocycles. The molecule has 0 aliphatic carbocycles. The lowest BCUT2D eigenvalue weighted by Crippen LogP contribution is -1.97. The van der Waals surface area contributed by atoms with Gasteiger partial charge in [0.15, 0.2) is 4.67 Å². The third-order valence-electron chi connectivity index (χ3n) is 3.86. The van der Waals surface area contributed by atoms with Gasteiger partial charge in [0.25, 0.3) is 0 Å². The van der Waals surface area contributed by atoms with Crippen molar-refractivity contribution in [1.82, 2.24) is 14.5 Å². The van der Waals surface area contributed by atoms with Gasteiger partial charge in [-0.2, -0.15) is 0 Å². The van der Waals surface area contributed by atoms with E-state index in [0.717, 1.165) is 23.1 Å². The van der Waals surface area contributed by atoms with E-state index in [2.05, 4.69) is 48.7 Å². The summed E-state index contributed by atoms with van der Waals surface area (Å²) in [6.07, 6.45) is 1.87. The standard InChI is InChI=1S/C18H13BrClN3O/c19-17-15(9-20)22-18(24-17)13-7-5-12(6-8-13)10-23-11-21-14-3-1-2-4-16(14)23/h1-8,11H,9-10H2. The van der Waals surface area contributed by atoms with Crippen LogP contribution in [0.15, 0.2) is 63.9 Å².